The fourth-order valence-corrected chi connectivity index (χ4v) is 3.20. The molecular weight excluding hydrogens is 383 g/mol. The highest BCUT2D eigenvalue weighted by molar-refractivity contribution is 6.30. The summed E-state index contributed by atoms with van der Waals surface area (Å²) in [5.74, 6) is 1.45. The lowest BCUT2D eigenvalue weighted by atomic mass is 9.95. The fraction of sp³-hybridized carbons (Fsp3) is 0.412. The van der Waals surface area contributed by atoms with Gasteiger partial charge in [0.2, 0.25) is 5.91 Å². The maximum Gasteiger partial charge on any atom is 0.239 e. The summed E-state index contributed by atoms with van der Waals surface area (Å²) in [6, 6.07) is 6.97. The number of benzene rings is 1. The van der Waals surface area contributed by atoms with E-state index in [0.717, 1.165) is 37.3 Å². The molecule has 1 aliphatic rings. The quantitative estimate of drug-likeness (QED) is 0.820. The van der Waals surface area contributed by atoms with Crippen LogP contribution in [0.15, 0.2) is 36.7 Å². The number of halogens is 3. The van der Waals surface area contributed by atoms with Gasteiger partial charge in [-0.05, 0) is 37.0 Å². The van der Waals surface area contributed by atoms with E-state index in [2.05, 4.69) is 9.97 Å². The molecule has 1 saturated heterocycles. The van der Waals surface area contributed by atoms with Gasteiger partial charge < -0.3 is 15.6 Å². The Hall–Kier alpha value is -1.27. The van der Waals surface area contributed by atoms with Crippen LogP contribution in [-0.4, -0.2) is 39.9 Å². The lowest BCUT2D eigenvalue weighted by Crippen LogP contribution is -2.47. The number of hydrogen-bond donors (Lipinski definition) is 2. The van der Waals surface area contributed by atoms with E-state index in [1.54, 1.807) is 6.20 Å². The first kappa shape index (κ1) is 21.8. The first-order valence-corrected chi connectivity index (χ1v) is 8.29. The van der Waals surface area contributed by atoms with E-state index in [-0.39, 0.29) is 30.7 Å². The zero-order chi connectivity index (χ0) is 16.2. The van der Waals surface area contributed by atoms with Gasteiger partial charge in [-0.2, -0.15) is 0 Å². The summed E-state index contributed by atoms with van der Waals surface area (Å²) in [4.78, 5) is 21.9. The molecule has 1 aromatic heterocycles. The maximum absolute atomic E-state index is 12.5. The second-order valence-electron chi connectivity index (χ2n) is 6.01. The number of nitrogens with zero attached hydrogens (tertiary/aromatic N) is 2. The number of nitrogens with one attached hydrogen (secondary N) is 1. The van der Waals surface area contributed by atoms with Crippen LogP contribution in [0.25, 0.3) is 0 Å². The minimum absolute atomic E-state index is 0. The molecule has 138 valence electrons. The maximum atomic E-state index is 12.5. The van der Waals surface area contributed by atoms with Gasteiger partial charge in [-0.25, -0.2) is 4.98 Å². The zero-order valence-electron chi connectivity index (χ0n) is 13.7. The summed E-state index contributed by atoms with van der Waals surface area (Å²) in [7, 11) is 0. The molecule has 8 heteroatoms. The molecule has 0 aliphatic carbocycles. The summed E-state index contributed by atoms with van der Waals surface area (Å²) >= 11 is 5.87. The molecular formula is C17H23Cl3N4O. The molecule has 2 aromatic rings. The zero-order valence-corrected chi connectivity index (χ0v) is 16.1. The van der Waals surface area contributed by atoms with Crippen LogP contribution in [0, 0.1) is 0 Å². The molecule has 0 bridgehead atoms. The van der Waals surface area contributed by atoms with Crippen molar-refractivity contribution in [1.82, 2.24) is 14.9 Å². The van der Waals surface area contributed by atoms with E-state index in [1.165, 1.54) is 0 Å². The third-order valence-electron chi connectivity index (χ3n) is 4.40. The standard InChI is InChI=1S/C17H21ClN4O.2ClH/c18-14-3-1-12(2-4-14)11-15(19)17(23)22-9-5-13(6-10-22)16-20-7-8-21-16;;/h1-4,7-8,13,15H,5-6,9-11,19H2,(H,20,21);2*1H/t15-;;/m1../s1. The Morgan fingerprint density at radius 2 is 1.92 bits per heavy atom. The SMILES string of the molecule is Cl.Cl.N[C@H](Cc1ccc(Cl)cc1)C(=O)N1CCC(c2ncc[nH]2)CC1. The van der Waals surface area contributed by atoms with Crippen LogP contribution < -0.4 is 5.73 Å². The van der Waals surface area contributed by atoms with Crippen LogP contribution in [0.3, 0.4) is 0 Å². The van der Waals surface area contributed by atoms with Gasteiger partial charge in [0, 0.05) is 36.4 Å². The van der Waals surface area contributed by atoms with Crippen LogP contribution in [-0.2, 0) is 11.2 Å². The second kappa shape index (κ2) is 10.0. The van der Waals surface area contributed by atoms with E-state index >= 15 is 0 Å². The number of amides is 1. The Labute approximate surface area is 165 Å². The van der Waals surface area contributed by atoms with Gasteiger partial charge >= 0.3 is 0 Å². The molecule has 1 aliphatic heterocycles. The van der Waals surface area contributed by atoms with Gasteiger partial charge in [0.05, 0.1) is 6.04 Å². The molecule has 3 rings (SSSR count). The summed E-state index contributed by atoms with van der Waals surface area (Å²) < 4.78 is 0. The van der Waals surface area contributed by atoms with E-state index in [0.29, 0.717) is 17.4 Å². The average molecular weight is 406 g/mol. The molecule has 3 N–H and O–H groups in total. The van der Waals surface area contributed by atoms with Crippen LogP contribution in [0.2, 0.25) is 5.02 Å². The van der Waals surface area contributed by atoms with Crippen molar-refractivity contribution in [3.05, 3.63) is 53.1 Å². The number of imidazole rings is 1. The number of likely N-dealkylation sites (tertiary alicyclic amines) is 1. The van der Waals surface area contributed by atoms with Gasteiger partial charge in [-0.15, -0.1) is 24.8 Å². The van der Waals surface area contributed by atoms with Crippen molar-refractivity contribution in [2.75, 3.05) is 13.1 Å². The fourth-order valence-electron chi connectivity index (χ4n) is 3.07. The number of aromatic nitrogens is 2. The summed E-state index contributed by atoms with van der Waals surface area (Å²) in [6.07, 6.45) is 6.00. The summed E-state index contributed by atoms with van der Waals surface area (Å²) in [5, 5.41) is 0.689. The Morgan fingerprint density at radius 1 is 1.28 bits per heavy atom. The first-order chi connectivity index (χ1) is 11.1. The first-order valence-electron chi connectivity index (χ1n) is 7.91. The second-order valence-corrected chi connectivity index (χ2v) is 6.45. The highest BCUT2D eigenvalue weighted by atomic mass is 35.5. The highest BCUT2D eigenvalue weighted by Crippen LogP contribution is 2.25. The third kappa shape index (κ3) is 5.61. The minimum Gasteiger partial charge on any atom is -0.348 e. The van der Waals surface area contributed by atoms with Crippen molar-refractivity contribution in [3.63, 3.8) is 0 Å². The Bertz CT molecular complexity index is 640. The Kier molecular flexibility index (Phi) is 8.73. The van der Waals surface area contributed by atoms with E-state index in [4.69, 9.17) is 17.3 Å². The lowest BCUT2D eigenvalue weighted by molar-refractivity contribution is -0.133. The van der Waals surface area contributed by atoms with E-state index in [9.17, 15) is 4.79 Å². The largest absolute Gasteiger partial charge is 0.348 e. The van der Waals surface area contributed by atoms with Crippen molar-refractivity contribution in [1.29, 1.82) is 0 Å². The molecule has 25 heavy (non-hydrogen) atoms. The summed E-state index contributed by atoms with van der Waals surface area (Å²) in [6.45, 7) is 1.47. The number of piperidine rings is 1. The van der Waals surface area contributed by atoms with Crippen molar-refractivity contribution in [2.24, 2.45) is 5.73 Å². The molecule has 0 spiro atoms. The Balaban J connectivity index is 0.00000156. The highest BCUT2D eigenvalue weighted by Gasteiger charge is 2.27. The van der Waals surface area contributed by atoms with Crippen LogP contribution >= 0.6 is 36.4 Å². The predicted molar refractivity (Wildman–Crippen MR) is 105 cm³/mol. The lowest BCUT2D eigenvalue weighted by Gasteiger charge is -2.32. The molecule has 5 nitrogen and oxygen atoms in total. The molecule has 0 saturated carbocycles. The molecule has 1 fully saturated rings. The smallest absolute Gasteiger partial charge is 0.239 e. The van der Waals surface area contributed by atoms with E-state index in [1.807, 2.05) is 35.4 Å². The number of carbonyl (C=O) groups excluding carboxylic acids is 1. The van der Waals surface area contributed by atoms with E-state index < -0.39 is 6.04 Å². The van der Waals surface area contributed by atoms with Gasteiger partial charge in [-0.3, -0.25) is 4.79 Å². The van der Waals surface area contributed by atoms with Crippen LogP contribution in [0.5, 0.6) is 0 Å². The van der Waals surface area contributed by atoms with Gasteiger partial charge in [0.1, 0.15) is 5.82 Å². The van der Waals surface area contributed by atoms with Crippen molar-refractivity contribution < 1.29 is 4.79 Å². The topological polar surface area (TPSA) is 75.0 Å². The van der Waals surface area contributed by atoms with Gasteiger partial charge in [0.25, 0.3) is 0 Å². The predicted octanol–water partition coefficient (Wildman–Crippen LogP) is 3.18. The summed E-state index contributed by atoms with van der Waals surface area (Å²) in [5.41, 5.74) is 7.13. The third-order valence-corrected chi connectivity index (χ3v) is 4.65. The molecule has 0 unspecified atom stereocenters. The van der Waals surface area contributed by atoms with Crippen molar-refractivity contribution in [3.8, 4) is 0 Å². The van der Waals surface area contributed by atoms with Crippen molar-refractivity contribution >= 4 is 42.3 Å². The average Bonchev–Trinajstić information content (AvgIpc) is 3.11. The number of carbonyl (C=O) groups is 1. The monoisotopic (exact) mass is 404 g/mol. The molecule has 1 amide bonds. The number of rotatable bonds is 4. The minimum atomic E-state index is -0.503. The number of aromatic amines is 1. The molecule has 2 heterocycles. The molecule has 1 aromatic carbocycles. The molecule has 1 atom stereocenters. The Morgan fingerprint density at radius 3 is 2.48 bits per heavy atom. The van der Waals surface area contributed by atoms with Crippen LogP contribution in [0.1, 0.15) is 30.1 Å². The van der Waals surface area contributed by atoms with Gasteiger partial charge in [0.15, 0.2) is 0 Å². The van der Waals surface area contributed by atoms with Gasteiger partial charge in [-0.1, -0.05) is 23.7 Å². The molecule has 0 radical (unpaired) electrons. The number of nitrogens with two attached hydrogens (primary N) is 1. The van der Waals surface area contributed by atoms with Crippen molar-refractivity contribution in [2.45, 2.75) is 31.2 Å². The van der Waals surface area contributed by atoms with Crippen LogP contribution in [0.4, 0.5) is 0 Å². The number of H-pyrrole nitrogens is 1. The number of hydrogen-bond acceptors (Lipinski definition) is 3. The normalized spacial score (nSPS) is 15.8.